The van der Waals surface area contributed by atoms with Gasteiger partial charge in [0.2, 0.25) is 0 Å². The number of hydrogen-bond acceptors (Lipinski definition) is 5. The molecule has 0 radical (unpaired) electrons. The van der Waals surface area contributed by atoms with Gasteiger partial charge in [-0.1, -0.05) is 0 Å². The highest BCUT2D eigenvalue weighted by Gasteiger charge is 2.40. The maximum absolute atomic E-state index is 14.3. The molecule has 0 amide bonds. The maximum atomic E-state index is 14.3. The van der Waals surface area contributed by atoms with E-state index in [4.69, 9.17) is 4.74 Å². The van der Waals surface area contributed by atoms with E-state index in [1.807, 2.05) is 0 Å². The normalized spacial score (nSPS) is 16.7. The van der Waals surface area contributed by atoms with Crippen LogP contribution >= 0.6 is 11.3 Å². The van der Waals surface area contributed by atoms with Gasteiger partial charge in [-0.2, -0.15) is 5.10 Å². The van der Waals surface area contributed by atoms with Crippen LogP contribution in [0.25, 0.3) is 20.5 Å². The standard InChI is InChI=1S/C16H15F2N3O3S/c1-15(2,23)13-8-3-16(17,18)6-24-10-9(8)12(14(22)21-13)25-11(10)7-4-19-20-5-7/h4-5,23H,3,6H2,1-2H3,(H,19,20)(H,21,22). The maximum Gasteiger partial charge on any atom is 0.285 e. The monoisotopic (exact) mass is 367 g/mol. The van der Waals surface area contributed by atoms with Crippen molar-refractivity contribution in [3.8, 4) is 16.2 Å². The van der Waals surface area contributed by atoms with Crippen LogP contribution in [-0.2, 0) is 12.0 Å². The lowest BCUT2D eigenvalue weighted by Gasteiger charge is -2.22. The number of ether oxygens (including phenoxy) is 1. The van der Waals surface area contributed by atoms with Crippen LogP contribution in [0.5, 0.6) is 5.75 Å². The third-order valence-corrected chi connectivity index (χ3v) is 5.37. The smallest absolute Gasteiger partial charge is 0.285 e. The number of aliphatic hydroxyl groups is 1. The Kier molecular flexibility index (Phi) is 3.32. The Balaban J connectivity index is 2.13. The predicted molar refractivity (Wildman–Crippen MR) is 89.4 cm³/mol. The second-order valence-corrected chi connectivity index (χ2v) is 7.66. The molecule has 0 fully saturated rings. The Labute approximate surface area is 144 Å². The summed E-state index contributed by atoms with van der Waals surface area (Å²) in [6.45, 7) is 2.11. The fraction of sp³-hybridized carbons (Fsp3) is 0.375. The number of nitrogens with one attached hydrogen (secondary N) is 2. The number of pyridine rings is 1. The van der Waals surface area contributed by atoms with E-state index < -0.39 is 30.1 Å². The average molecular weight is 367 g/mol. The van der Waals surface area contributed by atoms with Crippen molar-refractivity contribution in [2.75, 3.05) is 6.61 Å². The van der Waals surface area contributed by atoms with E-state index in [9.17, 15) is 18.7 Å². The van der Waals surface area contributed by atoms with Crippen LogP contribution in [-0.4, -0.2) is 32.8 Å². The van der Waals surface area contributed by atoms with Gasteiger partial charge in [0.05, 0.1) is 22.4 Å². The minimum atomic E-state index is -3.12. The van der Waals surface area contributed by atoms with Crippen LogP contribution in [0, 0.1) is 0 Å². The van der Waals surface area contributed by atoms with Crippen molar-refractivity contribution in [3.63, 3.8) is 0 Å². The van der Waals surface area contributed by atoms with Crippen molar-refractivity contribution in [2.24, 2.45) is 0 Å². The zero-order valence-corrected chi connectivity index (χ0v) is 14.3. The molecule has 0 spiro atoms. The van der Waals surface area contributed by atoms with Gasteiger partial charge in [-0.15, -0.1) is 11.3 Å². The SMILES string of the molecule is CC(C)(O)c1[nH]c(=O)c2sc(-c3cn[nH]c3)c3c2c1CC(F)(F)CO3. The second kappa shape index (κ2) is 5.12. The molecule has 1 aliphatic rings. The fourth-order valence-corrected chi connectivity index (χ4v) is 4.26. The van der Waals surface area contributed by atoms with Crippen molar-refractivity contribution < 1.29 is 18.6 Å². The Morgan fingerprint density at radius 1 is 1.44 bits per heavy atom. The van der Waals surface area contributed by atoms with Crippen molar-refractivity contribution in [2.45, 2.75) is 31.8 Å². The van der Waals surface area contributed by atoms with E-state index in [1.165, 1.54) is 13.8 Å². The Morgan fingerprint density at radius 2 is 2.20 bits per heavy atom. The molecule has 0 saturated heterocycles. The highest BCUT2D eigenvalue weighted by atomic mass is 32.1. The first-order chi connectivity index (χ1) is 11.7. The molecular weight excluding hydrogens is 352 g/mol. The molecule has 25 heavy (non-hydrogen) atoms. The van der Waals surface area contributed by atoms with Gasteiger partial charge in [-0.05, 0) is 19.4 Å². The van der Waals surface area contributed by atoms with Gasteiger partial charge in [0.15, 0.2) is 6.61 Å². The molecule has 0 aromatic carbocycles. The largest absolute Gasteiger partial charge is 0.485 e. The van der Waals surface area contributed by atoms with E-state index in [0.29, 0.717) is 20.5 Å². The molecule has 3 aromatic heterocycles. The summed E-state index contributed by atoms with van der Waals surface area (Å²) in [6.07, 6.45) is 2.53. The first-order valence-corrected chi connectivity index (χ1v) is 8.43. The minimum Gasteiger partial charge on any atom is -0.485 e. The van der Waals surface area contributed by atoms with E-state index in [-0.39, 0.29) is 17.0 Å². The number of aromatic amines is 2. The van der Waals surface area contributed by atoms with Crippen LogP contribution < -0.4 is 10.3 Å². The summed E-state index contributed by atoms with van der Waals surface area (Å²) in [7, 11) is 0. The van der Waals surface area contributed by atoms with Gasteiger partial charge in [-0.3, -0.25) is 9.89 Å². The number of hydrogen-bond donors (Lipinski definition) is 3. The molecule has 132 valence electrons. The number of thiophene rings is 1. The molecule has 0 unspecified atom stereocenters. The van der Waals surface area contributed by atoms with E-state index in [1.54, 1.807) is 12.4 Å². The van der Waals surface area contributed by atoms with Crippen LogP contribution in [0.2, 0.25) is 0 Å². The first kappa shape index (κ1) is 16.2. The summed E-state index contributed by atoms with van der Waals surface area (Å²) in [6, 6.07) is 0. The molecule has 9 heteroatoms. The molecule has 1 aliphatic heterocycles. The Morgan fingerprint density at radius 3 is 2.84 bits per heavy atom. The Hall–Kier alpha value is -2.26. The number of rotatable bonds is 2. The third kappa shape index (κ3) is 2.54. The summed E-state index contributed by atoms with van der Waals surface area (Å²) < 4.78 is 34.3. The van der Waals surface area contributed by atoms with Gasteiger partial charge >= 0.3 is 0 Å². The highest BCUT2D eigenvalue weighted by Crippen LogP contribution is 2.48. The molecule has 0 saturated carbocycles. The van der Waals surface area contributed by atoms with Crippen molar-refractivity contribution in [1.29, 1.82) is 0 Å². The third-order valence-electron chi connectivity index (χ3n) is 4.15. The number of H-pyrrole nitrogens is 2. The van der Waals surface area contributed by atoms with Crippen LogP contribution in [0.4, 0.5) is 8.78 Å². The number of aromatic nitrogens is 3. The quantitative estimate of drug-likeness (QED) is 0.650. The predicted octanol–water partition coefficient (Wildman–Crippen LogP) is 2.78. The van der Waals surface area contributed by atoms with Gasteiger partial charge in [0.25, 0.3) is 11.5 Å². The van der Waals surface area contributed by atoms with E-state index in [0.717, 1.165) is 11.3 Å². The molecular formula is C16H15F2N3O3S. The molecule has 3 N–H and O–H groups in total. The molecule has 6 nitrogen and oxygen atoms in total. The topological polar surface area (TPSA) is 91.0 Å². The zero-order valence-electron chi connectivity index (χ0n) is 13.4. The van der Waals surface area contributed by atoms with Gasteiger partial charge in [0, 0.05) is 23.6 Å². The van der Waals surface area contributed by atoms with Gasteiger partial charge in [0.1, 0.15) is 10.4 Å². The molecule has 0 aliphatic carbocycles. The minimum absolute atomic E-state index is 0.0907. The fourth-order valence-electron chi connectivity index (χ4n) is 3.11. The average Bonchev–Trinajstić information content (AvgIpc) is 3.11. The first-order valence-electron chi connectivity index (χ1n) is 7.62. The molecule has 4 rings (SSSR count). The second-order valence-electron chi connectivity index (χ2n) is 6.64. The van der Waals surface area contributed by atoms with Gasteiger partial charge in [-0.25, -0.2) is 8.78 Å². The molecule has 4 heterocycles. The van der Waals surface area contributed by atoms with Crippen LogP contribution in [0.15, 0.2) is 17.2 Å². The lowest BCUT2D eigenvalue weighted by atomic mass is 9.93. The van der Waals surface area contributed by atoms with Gasteiger partial charge < -0.3 is 14.8 Å². The summed E-state index contributed by atoms with van der Waals surface area (Å²) in [5.41, 5.74) is -0.959. The van der Waals surface area contributed by atoms with Crippen LogP contribution in [0.1, 0.15) is 25.1 Å². The number of alkyl halides is 2. The molecule has 0 atom stereocenters. The number of nitrogens with zero attached hydrogens (tertiary/aromatic N) is 1. The highest BCUT2D eigenvalue weighted by molar-refractivity contribution is 7.22. The summed E-state index contributed by atoms with van der Waals surface area (Å²) >= 11 is 1.16. The zero-order chi connectivity index (χ0) is 18.0. The Bertz CT molecular complexity index is 1020. The summed E-state index contributed by atoms with van der Waals surface area (Å²) in [5, 5.41) is 17.3. The van der Waals surface area contributed by atoms with Crippen molar-refractivity contribution in [3.05, 3.63) is 34.0 Å². The molecule has 0 bridgehead atoms. The van der Waals surface area contributed by atoms with E-state index >= 15 is 0 Å². The number of halogens is 2. The summed E-state index contributed by atoms with van der Waals surface area (Å²) in [5.74, 6) is -2.87. The van der Waals surface area contributed by atoms with Crippen LogP contribution in [0.3, 0.4) is 0 Å². The lowest BCUT2D eigenvalue weighted by Crippen LogP contribution is -2.30. The van der Waals surface area contributed by atoms with Crippen molar-refractivity contribution >= 4 is 21.4 Å². The lowest BCUT2D eigenvalue weighted by molar-refractivity contribution is -0.0378. The van der Waals surface area contributed by atoms with Crippen molar-refractivity contribution in [1.82, 2.24) is 15.2 Å². The van der Waals surface area contributed by atoms with E-state index in [2.05, 4.69) is 15.2 Å². The molecule has 3 aromatic rings. The summed E-state index contributed by atoms with van der Waals surface area (Å²) in [4.78, 5) is 15.7.